The molecule has 0 fully saturated rings. The molecule has 0 spiro atoms. The summed E-state index contributed by atoms with van der Waals surface area (Å²) in [4.78, 5) is 15.5. The number of hydrogen-bond donors (Lipinski definition) is 2. The lowest BCUT2D eigenvalue weighted by Gasteiger charge is -2.06. The van der Waals surface area contributed by atoms with Crippen molar-refractivity contribution in [3.05, 3.63) is 48.5 Å². The standard InChI is InChI=1S/C14H15N5S/c1-2-4-11(5-3-1)8-20-7-6-15-13-12-14(17-9-16-12)19-10-18-13/h1-5,9-10H,6-8H2,(H2,15,16,17,18,19). The molecule has 0 aliphatic carbocycles. The molecule has 0 saturated heterocycles. The second-order valence-corrected chi connectivity index (χ2v) is 5.39. The molecular formula is C14H15N5S. The van der Waals surface area contributed by atoms with Gasteiger partial charge in [0.1, 0.15) is 11.8 Å². The molecule has 2 heterocycles. The van der Waals surface area contributed by atoms with Gasteiger partial charge in [0.05, 0.1) is 6.33 Å². The van der Waals surface area contributed by atoms with Crippen LogP contribution in [0.4, 0.5) is 5.82 Å². The van der Waals surface area contributed by atoms with Crippen molar-refractivity contribution < 1.29 is 0 Å². The van der Waals surface area contributed by atoms with Crippen LogP contribution in [0.1, 0.15) is 5.56 Å². The number of fused-ring (bicyclic) bond motifs is 1. The van der Waals surface area contributed by atoms with E-state index in [1.165, 1.54) is 11.9 Å². The molecule has 0 aliphatic rings. The SMILES string of the molecule is c1ccc(CSCCNc2ncnc3nc[nH]c23)cc1. The van der Waals surface area contributed by atoms with Crippen molar-refractivity contribution in [2.75, 3.05) is 17.6 Å². The van der Waals surface area contributed by atoms with Crippen molar-refractivity contribution >= 4 is 28.7 Å². The van der Waals surface area contributed by atoms with Gasteiger partial charge in [-0.2, -0.15) is 11.8 Å². The molecule has 6 heteroatoms. The first-order chi connectivity index (χ1) is 9.93. The van der Waals surface area contributed by atoms with E-state index in [-0.39, 0.29) is 0 Å². The summed E-state index contributed by atoms with van der Waals surface area (Å²) in [6, 6.07) is 10.5. The van der Waals surface area contributed by atoms with Gasteiger partial charge in [0, 0.05) is 18.1 Å². The number of H-pyrrole nitrogens is 1. The molecule has 3 rings (SSSR count). The molecule has 0 saturated carbocycles. The van der Waals surface area contributed by atoms with Crippen LogP contribution in [0.2, 0.25) is 0 Å². The Morgan fingerprint density at radius 3 is 2.90 bits per heavy atom. The maximum Gasteiger partial charge on any atom is 0.182 e. The quantitative estimate of drug-likeness (QED) is 0.682. The largest absolute Gasteiger partial charge is 0.367 e. The van der Waals surface area contributed by atoms with E-state index in [9.17, 15) is 0 Å². The lowest BCUT2D eigenvalue weighted by Crippen LogP contribution is -2.06. The zero-order valence-electron chi connectivity index (χ0n) is 10.9. The fraction of sp³-hybridized carbons (Fsp3) is 0.214. The number of imidazole rings is 1. The Morgan fingerprint density at radius 2 is 2.00 bits per heavy atom. The Bertz CT molecular complexity index is 667. The van der Waals surface area contributed by atoms with E-state index in [1.54, 1.807) is 6.33 Å². The monoisotopic (exact) mass is 285 g/mol. The molecule has 0 radical (unpaired) electrons. The summed E-state index contributed by atoms with van der Waals surface area (Å²) in [5, 5.41) is 3.32. The van der Waals surface area contributed by atoms with Gasteiger partial charge in [0.2, 0.25) is 0 Å². The summed E-state index contributed by atoms with van der Waals surface area (Å²) in [6.07, 6.45) is 3.16. The van der Waals surface area contributed by atoms with Gasteiger partial charge >= 0.3 is 0 Å². The molecular weight excluding hydrogens is 270 g/mol. The third kappa shape index (κ3) is 3.08. The first kappa shape index (κ1) is 12.9. The van der Waals surface area contributed by atoms with Crippen LogP contribution >= 0.6 is 11.8 Å². The lowest BCUT2D eigenvalue weighted by atomic mass is 10.2. The van der Waals surface area contributed by atoms with E-state index >= 15 is 0 Å². The average Bonchev–Trinajstić information content (AvgIpc) is 2.97. The van der Waals surface area contributed by atoms with Crippen molar-refractivity contribution in [3.8, 4) is 0 Å². The van der Waals surface area contributed by atoms with E-state index in [0.717, 1.165) is 29.4 Å². The second-order valence-electron chi connectivity index (χ2n) is 4.29. The molecule has 20 heavy (non-hydrogen) atoms. The summed E-state index contributed by atoms with van der Waals surface area (Å²) in [6.45, 7) is 0.864. The number of aromatic nitrogens is 4. The minimum absolute atomic E-state index is 0.694. The molecule has 0 amide bonds. The normalized spacial score (nSPS) is 10.8. The molecule has 0 aliphatic heterocycles. The predicted octanol–water partition coefficient (Wildman–Crippen LogP) is 2.70. The molecule has 5 nitrogen and oxygen atoms in total. The van der Waals surface area contributed by atoms with Crippen LogP contribution in [0.3, 0.4) is 0 Å². The van der Waals surface area contributed by atoms with Gasteiger partial charge in [0.25, 0.3) is 0 Å². The topological polar surface area (TPSA) is 66.5 Å². The van der Waals surface area contributed by atoms with Crippen LogP contribution in [-0.4, -0.2) is 32.2 Å². The first-order valence-corrected chi connectivity index (χ1v) is 7.58. The Morgan fingerprint density at radius 1 is 1.10 bits per heavy atom. The van der Waals surface area contributed by atoms with Crippen LogP contribution in [0.25, 0.3) is 11.2 Å². The summed E-state index contributed by atoms with van der Waals surface area (Å²) >= 11 is 1.90. The van der Waals surface area contributed by atoms with Crippen molar-refractivity contribution in [2.24, 2.45) is 0 Å². The van der Waals surface area contributed by atoms with Gasteiger partial charge in [-0.3, -0.25) is 0 Å². The van der Waals surface area contributed by atoms with Crippen LogP contribution in [-0.2, 0) is 5.75 Å². The highest BCUT2D eigenvalue weighted by Gasteiger charge is 2.04. The first-order valence-electron chi connectivity index (χ1n) is 6.43. The summed E-state index contributed by atoms with van der Waals surface area (Å²) < 4.78 is 0. The van der Waals surface area contributed by atoms with Crippen molar-refractivity contribution in [1.82, 2.24) is 19.9 Å². The molecule has 1 aromatic carbocycles. The smallest absolute Gasteiger partial charge is 0.182 e. The van der Waals surface area contributed by atoms with Crippen molar-refractivity contribution in [2.45, 2.75) is 5.75 Å². The summed E-state index contributed by atoms with van der Waals surface area (Å²) in [5.74, 6) is 2.87. The maximum absolute atomic E-state index is 4.23. The average molecular weight is 285 g/mol. The van der Waals surface area contributed by atoms with Gasteiger partial charge in [-0.1, -0.05) is 30.3 Å². The minimum Gasteiger partial charge on any atom is -0.367 e. The Labute approximate surface area is 121 Å². The van der Waals surface area contributed by atoms with E-state index < -0.39 is 0 Å². The molecule has 2 N–H and O–H groups in total. The summed E-state index contributed by atoms with van der Waals surface area (Å²) in [5.41, 5.74) is 2.91. The van der Waals surface area contributed by atoms with Gasteiger partial charge in [-0.25, -0.2) is 15.0 Å². The molecule has 0 unspecified atom stereocenters. The highest BCUT2D eigenvalue weighted by molar-refractivity contribution is 7.98. The van der Waals surface area contributed by atoms with Gasteiger partial charge in [-0.05, 0) is 5.56 Å². The van der Waals surface area contributed by atoms with Crippen LogP contribution in [0.5, 0.6) is 0 Å². The molecule has 102 valence electrons. The number of nitrogens with zero attached hydrogens (tertiary/aromatic N) is 3. The Hall–Kier alpha value is -2.08. The number of nitrogens with one attached hydrogen (secondary N) is 2. The second kappa shape index (κ2) is 6.38. The molecule has 3 aromatic rings. The fourth-order valence-corrected chi connectivity index (χ4v) is 2.72. The Balaban J connectivity index is 1.47. The van der Waals surface area contributed by atoms with Gasteiger partial charge in [0.15, 0.2) is 11.5 Å². The van der Waals surface area contributed by atoms with E-state index in [2.05, 4.69) is 49.5 Å². The van der Waals surface area contributed by atoms with E-state index in [0.29, 0.717) is 5.65 Å². The van der Waals surface area contributed by atoms with E-state index in [4.69, 9.17) is 0 Å². The van der Waals surface area contributed by atoms with Crippen molar-refractivity contribution in [1.29, 1.82) is 0 Å². The van der Waals surface area contributed by atoms with E-state index in [1.807, 2.05) is 17.8 Å². The third-order valence-electron chi connectivity index (χ3n) is 2.87. The number of thioether (sulfide) groups is 1. The number of hydrogen-bond acceptors (Lipinski definition) is 5. The van der Waals surface area contributed by atoms with Gasteiger partial charge in [-0.15, -0.1) is 0 Å². The molecule has 0 bridgehead atoms. The van der Waals surface area contributed by atoms with Crippen molar-refractivity contribution in [3.63, 3.8) is 0 Å². The predicted molar refractivity (Wildman–Crippen MR) is 82.8 cm³/mol. The fourth-order valence-electron chi connectivity index (χ4n) is 1.90. The number of benzene rings is 1. The number of anilines is 1. The van der Waals surface area contributed by atoms with Crippen LogP contribution < -0.4 is 5.32 Å². The lowest BCUT2D eigenvalue weighted by molar-refractivity contribution is 1.14. The number of aromatic amines is 1. The highest BCUT2D eigenvalue weighted by Crippen LogP contribution is 2.15. The molecule has 2 aromatic heterocycles. The summed E-state index contributed by atoms with van der Waals surface area (Å²) in [7, 11) is 0. The molecule has 0 atom stereocenters. The zero-order valence-corrected chi connectivity index (χ0v) is 11.7. The van der Waals surface area contributed by atoms with Crippen LogP contribution in [0.15, 0.2) is 43.0 Å². The van der Waals surface area contributed by atoms with Crippen LogP contribution in [0, 0.1) is 0 Å². The van der Waals surface area contributed by atoms with Gasteiger partial charge < -0.3 is 10.3 Å². The number of rotatable bonds is 6. The zero-order chi connectivity index (χ0) is 13.6. The third-order valence-corrected chi connectivity index (χ3v) is 3.90. The minimum atomic E-state index is 0.694. The highest BCUT2D eigenvalue weighted by atomic mass is 32.2. The maximum atomic E-state index is 4.23. The Kier molecular flexibility index (Phi) is 4.13.